The van der Waals surface area contributed by atoms with Gasteiger partial charge in [0.15, 0.2) is 0 Å². The number of rotatable bonds is 3. The van der Waals surface area contributed by atoms with Crippen molar-refractivity contribution in [1.29, 1.82) is 0 Å². The van der Waals surface area contributed by atoms with Crippen LogP contribution in [0.3, 0.4) is 0 Å². The number of benzene rings is 1. The van der Waals surface area contributed by atoms with Crippen LogP contribution in [-0.2, 0) is 16.0 Å². The first-order valence-corrected chi connectivity index (χ1v) is 5.19. The van der Waals surface area contributed by atoms with Crippen LogP contribution in [0.15, 0.2) is 41.7 Å². The molecule has 0 saturated heterocycles. The SMILES string of the molecule is O=C(O)C(=O)/C=C(\O)C1=C(O)c2ccccc2C1. The number of fused-ring (bicyclic) bond motifs is 1. The molecule has 2 rings (SSSR count). The van der Waals surface area contributed by atoms with Crippen LogP contribution in [0.1, 0.15) is 11.1 Å². The Morgan fingerprint density at radius 2 is 1.83 bits per heavy atom. The molecule has 1 aromatic carbocycles. The second-order valence-electron chi connectivity index (χ2n) is 3.86. The van der Waals surface area contributed by atoms with Crippen molar-refractivity contribution >= 4 is 17.5 Å². The molecule has 1 aliphatic rings. The fourth-order valence-electron chi connectivity index (χ4n) is 1.83. The molecule has 92 valence electrons. The fourth-order valence-corrected chi connectivity index (χ4v) is 1.83. The highest BCUT2D eigenvalue weighted by Gasteiger charge is 2.24. The predicted octanol–water partition coefficient (Wildman–Crippen LogP) is 1.61. The van der Waals surface area contributed by atoms with Gasteiger partial charge in [0.05, 0.1) is 0 Å². The van der Waals surface area contributed by atoms with Crippen LogP contribution in [-0.4, -0.2) is 27.1 Å². The zero-order chi connectivity index (χ0) is 13.3. The van der Waals surface area contributed by atoms with Gasteiger partial charge >= 0.3 is 5.97 Å². The number of ketones is 1. The monoisotopic (exact) mass is 246 g/mol. The van der Waals surface area contributed by atoms with E-state index in [2.05, 4.69) is 0 Å². The van der Waals surface area contributed by atoms with Gasteiger partial charge < -0.3 is 15.3 Å². The second kappa shape index (κ2) is 4.37. The fraction of sp³-hybridized carbons (Fsp3) is 0.0769. The van der Waals surface area contributed by atoms with E-state index in [1.54, 1.807) is 24.3 Å². The third-order valence-corrected chi connectivity index (χ3v) is 2.71. The molecule has 5 nitrogen and oxygen atoms in total. The molecule has 0 amide bonds. The summed E-state index contributed by atoms with van der Waals surface area (Å²) in [7, 11) is 0. The Labute approximate surface area is 102 Å². The molecule has 1 aromatic rings. The summed E-state index contributed by atoms with van der Waals surface area (Å²) in [5.41, 5.74) is 1.55. The van der Waals surface area contributed by atoms with E-state index >= 15 is 0 Å². The molecule has 0 radical (unpaired) electrons. The number of allylic oxidation sites excluding steroid dienone is 1. The summed E-state index contributed by atoms with van der Waals surface area (Å²) >= 11 is 0. The zero-order valence-corrected chi connectivity index (χ0v) is 9.25. The molecule has 0 heterocycles. The number of carboxylic acid groups (broad SMARTS) is 1. The minimum atomic E-state index is -1.66. The van der Waals surface area contributed by atoms with Gasteiger partial charge in [0.25, 0.3) is 5.78 Å². The first-order chi connectivity index (χ1) is 8.50. The average molecular weight is 246 g/mol. The van der Waals surface area contributed by atoms with Crippen LogP contribution in [0, 0.1) is 0 Å². The van der Waals surface area contributed by atoms with Gasteiger partial charge in [0, 0.05) is 23.6 Å². The van der Waals surface area contributed by atoms with E-state index in [1.165, 1.54) is 0 Å². The second-order valence-corrected chi connectivity index (χ2v) is 3.86. The maximum absolute atomic E-state index is 10.9. The number of hydrogen-bond acceptors (Lipinski definition) is 4. The number of carbonyl (C=O) groups excluding carboxylic acids is 1. The van der Waals surface area contributed by atoms with Crippen molar-refractivity contribution in [3.8, 4) is 0 Å². The summed E-state index contributed by atoms with van der Waals surface area (Å²) in [6, 6.07) is 6.99. The third-order valence-electron chi connectivity index (χ3n) is 2.71. The Balaban J connectivity index is 2.35. The third kappa shape index (κ3) is 1.98. The summed E-state index contributed by atoms with van der Waals surface area (Å²) in [5, 5.41) is 28.0. The molecule has 0 unspecified atom stereocenters. The molecule has 5 heteroatoms. The molecule has 18 heavy (non-hydrogen) atoms. The first-order valence-electron chi connectivity index (χ1n) is 5.19. The van der Waals surface area contributed by atoms with E-state index in [0.29, 0.717) is 11.6 Å². The molecule has 1 aliphatic carbocycles. The molecule has 0 spiro atoms. The van der Waals surface area contributed by atoms with Gasteiger partial charge in [-0.2, -0.15) is 0 Å². The standard InChI is InChI=1S/C13H10O5/c14-10(6-11(15)13(17)18)9-5-7-3-1-2-4-8(7)12(9)16/h1-4,6,14,16H,5H2,(H,17,18)/b10-6-. The molecule has 0 aliphatic heterocycles. The zero-order valence-electron chi connectivity index (χ0n) is 9.25. The summed E-state index contributed by atoms with van der Waals surface area (Å²) in [6.45, 7) is 0. The van der Waals surface area contributed by atoms with Crippen LogP contribution in [0.2, 0.25) is 0 Å². The summed E-state index contributed by atoms with van der Waals surface area (Å²) in [4.78, 5) is 21.3. The lowest BCUT2D eigenvalue weighted by Crippen LogP contribution is -2.10. The first kappa shape index (κ1) is 11.9. The molecular formula is C13H10O5. The van der Waals surface area contributed by atoms with E-state index in [4.69, 9.17) is 5.11 Å². The Morgan fingerprint density at radius 1 is 1.17 bits per heavy atom. The lowest BCUT2D eigenvalue weighted by molar-refractivity contribution is -0.146. The Bertz CT molecular complexity index is 595. The minimum Gasteiger partial charge on any atom is -0.507 e. The number of carbonyl (C=O) groups is 2. The van der Waals surface area contributed by atoms with Crippen molar-refractivity contribution in [3.05, 3.63) is 52.8 Å². The number of hydrogen-bond donors (Lipinski definition) is 3. The van der Waals surface area contributed by atoms with Crippen molar-refractivity contribution in [2.24, 2.45) is 0 Å². The molecule has 3 N–H and O–H groups in total. The van der Waals surface area contributed by atoms with Crippen LogP contribution in [0.5, 0.6) is 0 Å². The number of carboxylic acids is 1. The van der Waals surface area contributed by atoms with Gasteiger partial charge in [-0.3, -0.25) is 4.79 Å². The highest BCUT2D eigenvalue weighted by molar-refractivity contribution is 6.37. The lowest BCUT2D eigenvalue weighted by Gasteiger charge is -2.00. The quantitative estimate of drug-likeness (QED) is 0.428. The van der Waals surface area contributed by atoms with Crippen molar-refractivity contribution in [3.63, 3.8) is 0 Å². The molecule has 0 atom stereocenters. The number of aliphatic carboxylic acids is 1. The van der Waals surface area contributed by atoms with Crippen molar-refractivity contribution in [2.45, 2.75) is 6.42 Å². The van der Waals surface area contributed by atoms with Gasteiger partial charge in [-0.1, -0.05) is 24.3 Å². The van der Waals surface area contributed by atoms with Crippen LogP contribution in [0.4, 0.5) is 0 Å². The summed E-state index contributed by atoms with van der Waals surface area (Å²) in [5.74, 6) is -3.53. The molecule has 0 bridgehead atoms. The molecule has 0 fully saturated rings. The Kier molecular flexibility index (Phi) is 2.89. The van der Waals surface area contributed by atoms with Gasteiger partial charge in [0.2, 0.25) is 0 Å². The van der Waals surface area contributed by atoms with Crippen molar-refractivity contribution < 1.29 is 24.9 Å². The van der Waals surface area contributed by atoms with Gasteiger partial charge in [-0.05, 0) is 5.56 Å². The maximum Gasteiger partial charge on any atom is 0.376 e. The normalized spacial score (nSPS) is 14.6. The predicted molar refractivity (Wildman–Crippen MR) is 63.0 cm³/mol. The minimum absolute atomic E-state index is 0.127. The van der Waals surface area contributed by atoms with Gasteiger partial charge in [-0.15, -0.1) is 0 Å². The van der Waals surface area contributed by atoms with Crippen molar-refractivity contribution in [2.75, 3.05) is 0 Å². The van der Waals surface area contributed by atoms with Gasteiger partial charge in [-0.25, -0.2) is 4.79 Å². The summed E-state index contributed by atoms with van der Waals surface area (Å²) < 4.78 is 0. The van der Waals surface area contributed by atoms with E-state index in [0.717, 1.165) is 5.56 Å². The average Bonchev–Trinajstić information content (AvgIpc) is 2.67. The van der Waals surface area contributed by atoms with E-state index in [1.807, 2.05) is 0 Å². The highest BCUT2D eigenvalue weighted by Crippen LogP contribution is 2.33. The van der Waals surface area contributed by atoms with Gasteiger partial charge in [0.1, 0.15) is 11.5 Å². The number of aliphatic hydroxyl groups is 2. The van der Waals surface area contributed by atoms with Crippen LogP contribution in [0.25, 0.3) is 5.76 Å². The van der Waals surface area contributed by atoms with E-state index in [9.17, 15) is 19.8 Å². The lowest BCUT2D eigenvalue weighted by atomic mass is 10.1. The van der Waals surface area contributed by atoms with Crippen LogP contribution < -0.4 is 0 Å². The largest absolute Gasteiger partial charge is 0.507 e. The summed E-state index contributed by atoms with van der Waals surface area (Å²) in [6.07, 6.45) is 0.858. The van der Waals surface area contributed by atoms with Crippen molar-refractivity contribution in [1.82, 2.24) is 0 Å². The number of aliphatic hydroxyl groups excluding tert-OH is 2. The Morgan fingerprint density at radius 3 is 2.44 bits per heavy atom. The van der Waals surface area contributed by atoms with E-state index < -0.39 is 17.5 Å². The highest BCUT2D eigenvalue weighted by atomic mass is 16.4. The molecule has 0 aromatic heterocycles. The maximum atomic E-state index is 10.9. The van der Waals surface area contributed by atoms with Crippen LogP contribution >= 0.6 is 0 Å². The molecule has 0 saturated carbocycles. The van der Waals surface area contributed by atoms with E-state index in [-0.39, 0.29) is 17.8 Å². The smallest absolute Gasteiger partial charge is 0.376 e. The molecular weight excluding hydrogens is 236 g/mol. The Hall–Kier alpha value is -2.56. The topological polar surface area (TPSA) is 94.8 Å².